The predicted molar refractivity (Wildman–Crippen MR) is 72.3 cm³/mol. The van der Waals surface area contributed by atoms with Crippen LogP contribution in [0.25, 0.3) is 0 Å². The van der Waals surface area contributed by atoms with E-state index in [0.29, 0.717) is 11.6 Å². The Bertz CT molecular complexity index is 328. The zero-order chi connectivity index (χ0) is 13.9. The molecule has 2 atom stereocenters. The molecule has 1 aliphatic rings. The number of carbonyl (C=O) groups is 2. The van der Waals surface area contributed by atoms with Crippen LogP contribution in [-0.4, -0.2) is 45.6 Å². The summed E-state index contributed by atoms with van der Waals surface area (Å²) in [6.07, 6.45) is 0.971. The molecule has 18 heavy (non-hydrogen) atoms. The van der Waals surface area contributed by atoms with Gasteiger partial charge in [0.15, 0.2) is 0 Å². The summed E-state index contributed by atoms with van der Waals surface area (Å²) in [5.41, 5.74) is 6.02. The highest BCUT2D eigenvalue weighted by atomic mass is 32.2. The molecule has 0 aromatic heterocycles. The molecule has 1 rings (SSSR count). The van der Waals surface area contributed by atoms with E-state index in [1.54, 1.807) is 0 Å². The Hall–Kier alpha value is -0.750. The minimum Gasteiger partial charge on any atom is -0.480 e. The van der Waals surface area contributed by atoms with Crippen LogP contribution in [0.4, 0.5) is 0 Å². The standard InChI is InChI=1S/C12H22N2O3S/c1-12(2,3)5-8(13)4-10(15)14-7-18-6-9(14)11(16)17/h8-9H,4-7,13H2,1-3H3,(H,16,17). The van der Waals surface area contributed by atoms with Crippen molar-refractivity contribution in [2.75, 3.05) is 11.6 Å². The van der Waals surface area contributed by atoms with Crippen molar-refractivity contribution in [2.45, 2.75) is 45.7 Å². The smallest absolute Gasteiger partial charge is 0.327 e. The molecule has 0 aliphatic carbocycles. The molecule has 5 nitrogen and oxygen atoms in total. The van der Waals surface area contributed by atoms with Gasteiger partial charge in [-0.2, -0.15) is 0 Å². The van der Waals surface area contributed by atoms with Crippen LogP contribution in [0.1, 0.15) is 33.6 Å². The fraction of sp³-hybridized carbons (Fsp3) is 0.833. The number of aliphatic carboxylic acids is 1. The van der Waals surface area contributed by atoms with E-state index in [1.165, 1.54) is 16.7 Å². The molecule has 0 aromatic rings. The van der Waals surface area contributed by atoms with Gasteiger partial charge in [0.05, 0.1) is 5.88 Å². The van der Waals surface area contributed by atoms with Crippen molar-refractivity contribution < 1.29 is 14.7 Å². The lowest BCUT2D eigenvalue weighted by Gasteiger charge is -2.26. The molecular formula is C12H22N2O3S. The van der Waals surface area contributed by atoms with Crippen LogP contribution < -0.4 is 5.73 Å². The van der Waals surface area contributed by atoms with Crippen molar-refractivity contribution in [3.63, 3.8) is 0 Å². The van der Waals surface area contributed by atoms with Crippen LogP contribution in [0.3, 0.4) is 0 Å². The van der Waals surface area contributed by atoms with Crippen LogP contribution in [0.2, 0.25) is 0 Å². The molecule has 0 radical (unpaired) electrons. The van der Waals surface area contributed by atoms with Crippen molar-refractivity contribution >= 4 is 23.6 Å². The molecule has 1 saturated heterocycles. The summed E-state index contributed by atoms with van der Waals surface area (Å²) < 4.78 is 0. The summed E-state index contributed by atoms with van der Waals surface area (Å²) in [6.45, 7) is 6.22. The van der Waals surface area contributed by atoms with Crippen molar-refractivity contribution in [2.24, 2.45) is 11.1 Å². The first-order valence-electron chi connectivity index (χ1n) is 6.06. The molecule has 0 saturated carbocycles. The van der Waals surface area contributed by atoms with Gasteiger partial charge in [-0.1, -0.05) is 20.8 Å². The fourth-order valence-electron chi connectivity index (χ4n) is 2.09. The Morgan fingerprint density at radius 3 is 2.61 bits per heavy atom. The highest BCUT2D eigenvalue weighted by Gasteiger charge is 2.35. The van der Waals surface area contributed by atoms with Gasteiger partial charge in [0.25, 0.3) is 0 Å². The van der Waals surface area contributed by atoms with Crippen molar-refractivity contribution in [3.8, 4) is 0 Å². The number of carboxylic acid groups (broad SMARTS) is 1. The maximum Gasteiger partial charge on any atom is 0.327 e. The molecule has 1 amide bonds. The van der Waals surface area contributed by atoms with E-state index in [2.05, 4.69) is 20.8 Å². The second-order valence-corrected chi connectivity index (χ2v) is 6.95. The highest BCUT2D eigenvalue weighted by Crippen LogP contribution is 2.24. The molecule has 2 unspecified atom stereocenters. The Morgan fingerprint density at radius 1 is 1.50 bits per heavy atom. The molecule has 6 heteroatoms. The maximum absolute atomic E-state index is 12.0. The van der Waals surface area contributed by atoms with Gasteiger partial charge in [0, 0.05) is 18.2 Å². The van der Waals surface area contributed by atoms with Crippen molar-refractivity contribution in [1.82, 2.24) is 4.90 Å². The second-order valence-electron chi connectivity index (χ2n) is 5.95. The summed E-state index contributed by atoms with van der Waals surface area (Å²) in [5.74, 6) is -0.157. The predicted octanol–water partition coefficient (Wildman–Crippen LogP) is 1.13. The molecule has 0 aromatic carbocycles. The zero-order valence-electron chi connectivity index (χ0n) is 11.2. The van der Waals surface area contributed by atoms with Gasteiger partial charge in [0.1, 0.15) is 6.04 Å². The van der Waals surface area contributed by atoms with Crippen molar-refractivity contribution in [3.05, 3.63) is 0 Å². The minimum atomic E-state index is -0.933. The third kappa shape index (κ3) is 4.49. The van der Waals surface area contributed by atoms with Crippen molar-refractivity contribution in [1.29, 1.82) is 0 Å². The number of hydrogen-bond acceptors (Lipinski definition) is 4. The fourth-order valence-corrected chi connectivity index (χ4v) is 3.27. The molecule has 1 heterocycles. The van der Waals surface area contributed by atoms with E-state index in [-0.39, 0.29) is 23.8 Å². The number of rotatable bonds is 4. The van der Waals surface area contributed by atoms with Crippen LogP contribution >= 0.6 is 11.8 Å². The van der Waals surface area contributed by atoms with Gasteiger partial charge in [-0.25, -0.2) is 4.79 Å². The number of carbonyl (C=O) groups excluding carboxylic acids is 1. The molecule has 104 valence electrons. The topological polar surface area (TPSA) is 83.6 Å². The Kier molecular flexibility index (Phi) is 5.04. The molecule has 3 N–H and O–H groups in total. The van der Waals surface area contributed by atoms with E-state index < -0.39 is 12.0 Å². The summed E-state index contributed by atoms with van der Waals surface area (Å²) in [7, 11) is 0. The molecule has 0 bridgehead atoms. The number of amides is 1. The lowest BCUT2D eigenvalue weighted by molar-refractivity contribution is -0.147. The third-order valence-electron chi connectivity index (χ3n) is 2.80. The van der Waals surface area contributed by atoms with E-state index in [0.717, 1.165) is 6.42 Å². The van der Waals surface area contributed by atoms with Gasteiger partial charge in [0.2, 0.25) is 5.91 Å². The summed E-state index contributed by atoms with van der Waals surface area (Å²) in [5, 5.41) is 9.01. The maximum atomic E-state index is 12.0. The number of thioether (sulfide) groups is 1. The average molecular weight is 274 g/mol. The summed E-state index contributed by atoms with van der Waals surface area (Å²) in [4.78, 5) is 24.4. The minimum absolute atomic E-state index is 0.0751. The lowest BCUT2D eigenvalue weighted by atomic mass is 9.87. The molecule has 1 aliphatic heterocycles. The normalized spacial score (nSPS) is 22.0. The van der Waals surface area contributed by atoms with E-state index >= 15 is 0 Å². The first-order valence-corrected chi connectivity index (χ1v) is 7.22. The first-order chi connectivity index (χ1) is 8.20. The summed E-state index contributed by atoms with van der Waals surface area (Å²) in [6, 6.07) is -0.901. The van der Waals surface area contributed by atoms with Crippen LogP contribution in [0, 0.1) is 5.41 Å². The summed E-state index contributed by atoms with van der Waals surface area (Å²) >= 11 is 1.47. The Balaban J connectivity index is 2.52. The van der Waals surface area contributed by atoms with E-state index in [9.17, 15) is 9.59 Å². The number of carboxylic acids is 1. The second kappa shape index (κ2) is 5.93. The van der Waals surface area contributed by atoms with Gasteiger partial charge >= 0.3 is 5.97 Å². The average Bonchev–Trinajstić information content (AvgIpc) is 2.61. The number of nitrogens with zero attached hydrogens (tertiary/aromatic N) is 1. The zero-order valence-corrected chi connectivity index (χ0v) is 12.0. The third-order valence-corrected chi connectivity index (χ3v) is 3.81. The van der Waals surface area contributed by atoms with Gasteiger partial charge in [-0.3, -0.25) is 4.79 Å². The van der Waals surface area contributed by atoms with Crippen LogP contribution in [0.5, 0.6) is 0 Å². The van der Waals surface area contributed by atoms with E-state index in [1.807, 2.05) is 0 Å². The molecule has 0 spiro atoms. The van der Waals surface area contributed by atoms with E-state index in [4.69, 9.17) is 10.8 Å². The van der Waals surface area contributed by atoms with Crippen LogP contribution in [-0.2, 0) is 9.59 Å². The Morgan fingerprint density at radius 2 is 2.11 bits per heavy atom. The number of nitrogens with two attached hydrogens (primary N) is 1. The van der Waals surface area contributed by atoms with Crippen LogP contribution in [0.15, 0.2) is 0 Å². The monoisotopic (exact) mass is 274 g/mol. The lowest BCUT2D eigenvalue weighted by Crippen LogP contribution is -2.44. The number of hydrogen-bond donors (Lipinski definition) is 2. The quantitative estimate of drug-likeness (QED) is 0.803. The van der Waals surface area contributed by atoms with Gasteiger partial charge in [-0.05, 0) is 11.8 Å². The largest absolute Gasteiger partial charge is 0.480 e. The Labute approximate surface area is 112 Å². The van der Waals surface area contributed by atoms with Gasteiger partial charge < -0.3 is 15.7 Å². The molecule has 1 fully saturated rings. The molecular weight excluding hydrogens is 252 g/mol. The SMILES string of the molecule is CC(C)(C)CC(N)CC(=O)N1CSCC1C(=O)O. The highest BCUT2D eigenvalue weighted by molar-refractivity contribution is 7.99. The first kappa shape index (κ1) is 15.3. The van der Waals surface area contributed by atoms with Gasteiger partial charge in [-0.15, -0.1) is 11.8 Å².